The van der Waals surface area contributed by atoms with E-state index in [-0.39, 0.29) is 5.56 Å². The van der Waals surface area contributed by atoms with Gasteiger partial charge in [-0.1, -0.05) is 19.1 Å². The molecule has 2 unspecified atom stereocenters. The maximum Gasteiger partial charge on any atom is 0.316 e. The van der Waals surface area contributed by atoms with Crippen LogP contribution >= 0.6 is 11.8 Å². The quantitative estimate of drug-likeness (QED) is 0.494. The van der Waals surface area contributed by atoms with Gasteiger partial charge in [0.15, 0.2) is 0 Å². The van der Waals surface area contributed by atoms with Gasteiger partial charge in [-0.2, -0.15) is 0 Å². The molecule has 6 nitrogen and oxygen atoms in total. The molecule has 158 valence electrons. The number of benzene rings is 2. The molecule has 0 saturated heterocycles. The van der Waals surface area contributed by atoms with Gasteiger partial charge < -0.3 is 10.4 Å². The van der Waals surface area contributed by atoms with Crippen LogP contribution in [0, 0.1) is 12.8 Å². The van der Waals surface area contributed by atoms with Crippen LogP contribution in [0.1, 0.15) is 26.1 Å². The molecule has 0 bridgehead atoms. The van der Waals surface area contributed by atoms with E-state index in [0.717, 1.165) is 34.9 Å². The van der Waals surface area contributed by atoms with Gasteiger partial charge in [-0.05, 0) is 62.6 Å². The molecule has 0 aliphatic carbocycles. The monoisotopic (exact) mass is 425 g/mol. The Morgan fingerprint density at radius 1 is 1.17 bits per heavy atom. The molecule has 30 heavy (non-hydrogen) atoms. The SMILES string of the molecule is Cc1nc2ccccc2c(=O)n1CCC(C)CNc1ccc(SC(C)C(=O)O)cc1. The van der Waals surface area contributed by atoms with Crippen molar-refractivity contribution < 1.29 is 9.90 Å². The Balaban J connectivity index is 1.54. The van der Waals surface area contributed by atoms with E-state index in [0.29, 0.717) is 17.8 Å². The van der Waals surface area contributed by atoms with Crippen LogP contribution in [-0.4, -0.2) is 32.4 Å². The third-order valence-electron chi connectivity index (χ3n) is 5.07. The van der Waals surface area contributed by atoms with E-state index in [2.05, 4.69) is 17.2 Å². The maximum atomic E-state index is 12.8. The Bertz CT molecular complexity index is 1080. The molecular weight excluding hydrogens is 398 g/mol. The summed E-state index contributed by atoms with van der Waals surface area (Å²) in [6, 6.07) is 15.2. The van der Waals surface area contributed by atoms with Crippen molar-refractivity contribution in [1.29, 1.82) is 0 Å². The summed E-state index contributed by atoms with van der Waals surface area (Å²) in [7, 11) is 0. The number of carboxylic acid groups (broad SMARTS) is 1. The summed E-state index contributed by atoms with van der Waals surface area (Å²) in [5, 5.41) is 12.6. The fourth-order valence-corrected chi connectivity index (χ4v) is 3.99. The standard InChI is InChI=1S/C23H27N3O3S/c1-15(14-24-18-8-10-19(11-9-18)30-16(2)23(28)29)12-13-26-17(3)25-21-7-5-4-6-20(21)22(26)27/h4-11,15-16,24H,12-14H2,1-3H3,(H,28,29). The Morgan fingerprint density at radius 3 is 2.57 bits per heavy atom. The molecule has 2 aromatic carbocycles. The van der Waals surface area contributed by atoms with Crippen molar-refractivity contribution in [3.63, 3.8) is 0 Å². The van der Waals surface area contributed by atoms with E-state index in [1.807, 2.05) is 55.5 Å². The number of fused-ring (bicyclic) bond motifs is 1. The number of nitrogens with one attached hydrogen (secondary N) is 1. The Morgan fingerprint density at radius 2 is 1.87 bits per heavy atom. The highest BCUT2D eigenvalue weighted by Gasteiger charge is 2.12. The number of hydrogen-bond acceptors (Lipinski definition) is 5. The number of thioether (sulfide) groups is 1. The topological polar surface area (TPSA) is 84.2 Å². The van der Waals surface area contributed by atoms with Gasteiger partial charge in [0.2, 0.25) is 0 Å². The molecule has 7 heteroatoms. The molecule has 2 N–H and O–H groups in total. The molecule has 0 aliphatic rings. The van der Waals surface area contributed by atoms with E-state index < -0.39 is 11.2 Å². The number of hydrogen-bond donors (Lipinski definition) is 2. The normalized spacial score (nSPS) is 13.2. The predicted molar refractivity (Wildman–Crippen MR) is 122 cm³/mol. The summed E-state index contributed by atoms with van der Waals surface area (Å²) in [6.45, 7) is 7.13. The van der Waals surface area contributed by atoms with Crippen molar-refractivity contribution in [3.05, 3.63) is 64.7 Å². The van der Waals surface area contributed by atoms with Crippen LogP contribution in [0.25, 0.3) is 10.9 Å². The van der Waals surface area contributed by atoms with Crippen molar-refractivity contribution in [2.75, 3.05) is 11.9 Å². The second kappa shape index (κ2) is 9.80. The molecule has 0 saturated carbocycles. The van der Waals surface area contributed by atoms with E-state index >= 15 is 0 Å². The average molecular weight is 426 g/mol. The minimum atomic E-state index is -0.813. The largest absolute Gasteiger partial charge is 0.480 e. The van der Waals surface area contributed by atoms with Crippen molar-refractivity contribution >= 4 is 34.3 Å². The Labute approximate surface area is 180 Å². The van der Waals surface area contributed by atoms with Crippen LogP contribution in [-0.2, 0) is 11.3 Å². The first-order valence-electron chi connectivity index (χ1n) is 10.0. The molecule has 0 amide bonds. The van der Waals surface area contributed by atoms with E-state index in [1.54, 1.807) is 11.5 Å². The molecule has 0 aliphatic heterocycles. The van der Waals surface area contributed by atoms with Gasteiger partial charge in [0.1, 0.15) is 11.1 Å². The summed E-state index contributed by atoms with van der Waals surface area (Å²) in [5.74, 6) is 0.290. The highest BCUT2D eigenvalue weighted by molar-refractivity contribution is 8.00. The lowest BCUT2D eigenvalue weighted by molar-refractivity contribution is -0.136. The molecule has 1 aromatic heterocycles. The lowest BCUT2D eigenvalue weighted by atomic mass is 10.1. The van der Waals surface area contributed by atoms with Gasteiger partial charge in [0.05, 0.1) is 10.9 Å². The average Bonchev–Trinajstić information content (AvgIpc) is 2.73. The predicted octanol–water partition coefficient (Wildman–Crippen LogP) is 4.41. The molecular formula is C23H27N3O3S. The zero-order valence-corrected chi connectivity index (χ0v) is 18.3. The summed E-state index contributed by atoms with van der Waals surface area (Å²) < 4.78 is 1.76. The lowest BCUT2D eigenvalue weighted by Crippen LogP contribution is -2.25. The van der Waals surface area contributed by atoms with Gasteiger partial charge >= 0.3 is 5.97 Å². The Kier molecular flexibility index (Phi) is 7.15. The second-order valence-corrected chi connectivity index (χ2v) is 8.94. The highest BCUT2D eigenvalue weighted by Crippen LogP contribution is 2.25. The summed E-state index contributed by atoms with van der Waals surface area (Å²) in [5.41, 5.74) is 1.75. The van der Waals surface area contributed by atoms with Crippen LogP contribution < -0.4 is 10.9 Å². The van der Waals surface area contributed by atoms with Crippen molar-refractivity contribution in [3.8, 4) is 0 Å². The Hall–Kier alpha value is -2.80. The molecule has 3 rings (SSSR count). The first-order chi connectivity index (χ1) is 14.3. The number of aryl methyl sites for hydroxylation is 1. The first-order valence-corrected chi connectivity index (χ1v) is 10.9. The van der Waals surface area contributed by atoms with Gasteiger partial charge in [0.25, 0.3) is 5.56 Å². The van der Waals surface area contributed by atoms with Gasteiger partial charge in [-0.15, -0.1) is 11.8 Å². The van der Waals surface area contributed by atoms with Crippen LogP contribution in [0.3, 0.4) is 0 Å². The highest BCUT2D eigenvalue weighted by atomic mass is 32.2. The van der Waals surface area contributed by atoms with Crippen LogP contribution in [0.5, 0.6) is 0 Å². The minimum absolute atomic E-state index is 0.0157. The van der Waals surface area contributed by atoms with E-state index in [1.165, 1.54) is 11.8 Å². The van der Waals surface area contributed by atoms with Gasteiger partial charge in [-0.25, -0.2) is 4.98 Å². The number of carboxylic acids is 1. The zero-order chi connectivity index (χ0) is 21.7. The van der Waals surface area contributed by atoms with E-state index in [4.69, 9.17) is 5.11 Å². The summed E-state index contributed by atoms with van der Waals surface area (Å²) in [4.78, 5) is 29.2. The molecule has 0 spiro atoms. The van der Waals surface area contributed by atoms with Crippen molar-refractivity contribution in [2.24, 2.45) is 5.92 Å². The fourth-order valence-electron chi connectivity index (χ4n) is 3.19. The number of para-hydroxylation sites is 1. The third kappa shape index (κ3) is 5.42. The number of anilines is 1. The second-order valence-electron chi connectivity index (χ2n) is 7.53. The molecule has 0 fully saturated rings. The molecule has 0 radical (unpaired) electrons. The maximum absolute atomic E-state index is 12.8. The molecule has 2 atom stereocenters. The molecule has 3 aromatic rings. The third-order valence-corrected chi connectivity index (χ3v) is 6.17. The number of aromatic nitrogens is 2. The summed E-state index contributed by atoms with van der Waals surface area (Å²) >= 11 is 1.33. The number of nitrogens with zero attached hydrogens (tertiary/aromatic N) is 2. The first kappa shape index (κ1) is 21.9. The van der Waals surface area contributed by atoms with Crippen molar-refractivity contribution in [1.82, 2.24) is 9.55 Å². The van der Waals surface area contributed by atoms with Gasteiger partial charge in [-0.3, -0.25) is 14.2 Å². The van der Waals surface area contributed by atoms with Gasteiger partial charge in [0, 0.05) is 23.7 Å². The summed E-state index contributed by atoms with van der Waals surface area (Å²) in [6.07, 6.45) is 0.859. The smallest absolute Gasteiger partial charge is 0.316 e. The van der Waals surface area contributed by atoms with Crippen molar-refractivity contribution in [2.45, 2.75) is 43.9 Å². The molecule has 1 heterocycles. The number of aliphatic carboxylic acids is 1. The van der Waals surface area contributed by atoms with Crippen LogP contribution in [0.4, 0.5) is 5.69 Å². The minimum Gasteiger partial charge on any atom is -0.480 e. The number of carbonyl (C=O) groups is 1. The fraction of sp³-hybridized carbons (Fsp3) is 0.348. The van der Waals surface area contributed by atoms with Crippen LogP contribution in [0.2, 0.25) is 0 Å². The number of rotatable bonds is 9. The zero-order valence-electron chi connectivity index (χ0n) is 17.5. The van der Waals surface area contributed by atoms with Crippen LogP contribution in [0.15, 0.2) is 58.2 Å². The lowest BCUT2D eigenvalue weighted by Gasteiger charge is -2.16. The van der Waals surface area contributed by atoms with E-state index in [9.17, 15) is 9.59 Å².